The lowest BCUT2D eigenvalue weighted by molar-refractivity contribution is -0.156. The van der Waals surface area contributed by atoms with E-state index in [4.69, 9.17) is 4.74 Å². The summed E-state index contributed by atoms with van der Waals surface area (Å²) >= 11 is 0. The van der Waals surface area contributed by atoms with E-state index in [1.807, 2.05) is 0 Å². The van der Waals surface area contributed by atoms with Crippen molar-refractivity contribution in [1.82, 2.24) is 0 Å². The molecule has 0 saturated heterocycles. The molecule has 3 heteroatoms. The van der Waals surface area contributed by atoms with Crippen LogP contribution in [0.15, 0.2) is 0 Å². The van der Waals surface area contributed by atoms with Crippen molar-refractivity contribution < 1.29 is 14.3 Å². The van der Waals surface area contributed by atoms with Crippen molar-refractivity contribution >= 4 is 11.8 Å². The van der Waals surface area contributed by atoms with Crippen LogP contribution in [0.1, 0.15) is 66.7 Å². The Morgan fingerprint density at radius 1 is 1.24 bits per heavy atom. The molecule has 0 aromatic heterocycles. The van der Waals surface area contributed by atoms with E-state index in [-0.39, 0.29) is 12.2 Å². The standard InChI is InChI=1S/C14H26O3/c1-6-7-8-11(2)9-12(15)10-13(16)17-14(3,4)5/h11H,6-10H2,1-5H3/t11-/m1/s1. The molecule has 0 N–H and O–H groups in total. The highest BCUT2D eigenvalue weighted by Crippen LogP contribution is 2.14. The Bertz CT molecular complexity index is 251. The largest absolute Gasteiger partial charge is 0.460 e. The maximum Gasteiger partial charge on any atom is 0.313 e. The van der Waals surface area contributed by atoms with E-state index < -0.39 is 11.6 Å². The van der Waals surface area contributed by atoms with Crippen molar-refractivity contribution in [2.24, 2.45) is 5.92 Å². The van der Waals surface area contributed by atoms with Gasteiger partial charge in [-0.1, -0.05) is 33.1 Å². The molecule has 0 aliphatic rings. The Morgan fingerprint density at radius 3 is 2.29 bits per heavy atom. The zero-order valence-corrected chi connectivity index (χ0v) is 11.8. The SMILES string of the molecule is CCCC[C@@H](C)CC(=O)CC(=O)OC(C)(C)C. The van der Waals surface area contributed by atoms with Crippen LogP contribution in [0.5, 0.6) is 0 Å². The van der Waals surface area contributed by atoms with Gasteiger partial charge in [0.2, 0.25) is 0 Å². The van der Waals surface area contributed by atoms with E-state index in [2.05, 4.69) is 13.8 Å². The van der Waals surface area contributed by atoms with E-state index in [1.165, 1.54) is 0 Å². The van der Waals surface area contributed by atoms with Crippen LogP contribution in [0.4, 0.5) is 0 Å². The fourth-order valence-corrected chi connectivity index (χ4v) is 1.65. The lowest BCUT2D eigenvalue weighted by Crippen LogP contribution is -2.25. The third-order valence-electron chi connectivity index (χ3n) is 2.39. The van der Waals surface area contributed by atoms with Crippen molar-refractivity contribution in [3.05, 3.63) is 0 Å². The molecule has 0 saturated carbocycles. The Hall–Kier alpha value is -0.860. The number of rotatable bonds is 7. The molecular weight excluding hydrogens is 216 g/mol. The second kappa shape index (κ2) is 7.46. The molecule has 0 aliphatic carbocycles. The van der Waals surface area contributed by atoms with Crippen LogP contribution in [0, 0.1) is 5.92 Å². The summed E-state index contributed by atoms with van der Waals surface area (Å²) in [5.74, 6) is -0.0575. The topological polar surface area (TPSA) is 43.4 Å². The van der Waals surface area contributed by atoms with Gasteiger partial charge in [0.15, 0.2) is 0 Å². The molecular formula is C14H26O3. The van der Waals surface area contributed by atoms with Crippen LogP contribution in [-0.4, -0.2) is 17.4 Å². The Morgan fingerprint density at radius 2 is 1.82 bits per heavy atom. The lowest BCUT2D eigenvalue weighted by atomic mass is 9.97. The van der Waals surface area contributed by atoms with Gasteiger partial charge in [-0.25, -0.2) is 0 Å². The lowest BCUT2D eigenvalue weighted by Gasteiger charge is -2.19. The van der Waals surface area contributed by atoms with Crippen LogP contribution in [0.3, 0.4) is 0 Å². The van der Waals surface area contributed by atoms with Crippen molar-refractivity contribution in [3.8, 4) is 0 Å². The van der Waals surface area contributed by atoms with Gasteiger partial charge in [0.25, 0.3) is 0 Å². The summed E-state index contributed by atoms with van der Waals surface area (Å²) in [7, 11) is 0. The van der Waals surface area contributed by atoms with Crippen molar-refractivity contribution in [1.29, 1.82) is 0 Å². The number of Topliss-reactive ketones (excluding diaryl/α,β-unsaturated/α-hetero) is 1. The number of hydrogen-bond donors (Lipinski definition) is 0. The summed E-state index contributed by atoms with van der Waals surface area (Å²) in [5.41, 5.74) is -0.509. The van der Waals surface area contributed by atoms with Crippen molar-refractivity contribution in [2.45, 2.75) is 72.3 Å². The third kappa shape index (κ3) is 10.0. The molecule has 17 heavy (non-hydrogen) atoms. The number of carbonyl (C=O) groups excluding carboxylic acids is 2. The highest BCUT2D eigenvalue weighted by atomic mass is 16.6. The maximum absolute atomic E-state index is 11.6. The summed E-state index contributed by atoms with van der Waals surface area (Å²) in [6.07, 6.45) is 3.73. The second-order valence-corrected chi connectivity index (χ2v) is 5.75. The average molecular weight is 242 g/mol. The Balaban J connectivity index is 3.89. The first-order valence-electron chi connectivity index (χ1n) is 6.48. The van der Waals surface area contributed by atoms with Crippen LogP contribution < -0.4 is 0 Å². The summed E-state index contributed by atoms with van der Waals surface area (Å²) < 4.78 is 5.11. The summed E-state index contributed by atoms with van der Waals surface area (Å²) in [6.45, 7) is 9.61. The van der Waals surface area contributed by atoms with Gasteiger partial charge in [0, 0.05) is 6.42 Å². The summed E-state index contributed by atoms with van der Waals surface area (Å²) in [5, 5.41) is 0. The van der Waals surface area contributed by atoms with Gasteiger partial charge in [-0.05, 0) is 26.7 Å². The molecule has 0 amide bonds. The zero-order valence-electron chi connectivity index (χ0n) is 11.8. The molecule has 1 atom stereocenters. The van der Waals surface area contributed by atoms with Gasteiger partial charge < -0.3 is 4.74 Å². The number of esters is 1. The molecule has 0 bridgehead atoms. The predicted octanol–water partition coefficient (Wildman–Crippen LogP) is 3.50. The molecule has 3 nitrogen and oxygen atoms in total. The second-order valence-electron chi connectivity index (χ2n) is 5.75. The molecule has 100 valence electrons. The van der Waals surface area contributed by atoms with E-state index in [9.17, 15) is 9.59 Å². The normalized spacial score (nSPS) is 13.2. The molecule has 0 aromatic rings. The van der Waals surface area contributed by atoms with Gasteiger partial charge in [0.05, 0.1) is 0 Å². The number of hydrogen-bond acceptors (Lipinski definition) is 3. The van der Waals surface area contributed by atoms with Crippen molar-refractivity contribution in [2.75, 3.05) is 0 Å². The van der Waals surface area contributed by atoms with Crippen LogP contribution in [0.25, 0.3) is 0 Å². The molecule has 0 rings (SSSR count). The van der Waals surface area contributed by atoms with E-state index in [1.54, 1.807) is 20.8 Å². The van der Waals surface area contributed by atoms with Gasteiger partial charge in [-0.15, -0.1) is 0 Å². The first-order valence-corrected chi connectivity index (χ1v) is 6.48. The minimum absolute atomic E-state index is 0.0112. The van der Waals surface area contributed by atoms with Gasteiger partial charge >= 0.3 is 5.97 Å². The van der Waals surface area contributed by atoms with E-state index in [0.717, 1.165) is 19.3 Å². The minimum atomic E-state index is -0.509. The number of unbranched alkanes of at least 4 members (excludes halogenated alkanes) is 1. The quantitative estimate of drug-likeness (QED) is 0.507. The molecule has 0 fully saturated rings. The first kappa shape index (κ1) is 16.1. The Labute approximate surface area is 105 Å². The van der Waals surface area contributed by atoms with E-state index >= 15 is 0 Å². The molecule has 0 radical (unpaired) electrons. The highest BCUT2D eigenvalue weighted by Gasteiger charge is 2.19. The van der Waals surface area contributed by atoms with Gasteiger partial charge in [-0.3, -0.25) is 9.59 Å². The predicted molar refractivity (Wildman–Crippen MR) is 68.8 cm³/mol. The third-order valence-corrected chi connectivity index (χ3v) is 2.39. The average Bonchev–Trinajstić information content (AvgIpc) is 2.10. The minimum Gasteiger partial charge on any atom is -0.460 e. The molecule has 0 heterocycles. The highest BCUT2D eigenvalue weighted by molar-refractivity contribution is 5.95. The maximum atomic E-state index is 11.6. The number of ether oxygens (including phenoxy) is 1. The number of carbonyl (C=O) groups is 2. The van der Waals surface area contributed by atoms with Crippen LogP contribution in [-0.2, 0) is 14.3 Å². The van der Waals surface area contributed by atoms with Crippen molar-refractivity contribution in [3.63, 3.8) is 0 Å². The smallest absolute Gasteiger partial charge is 0.313 e. The summed E-state index contributed by atoms with van der Waals surface area (Å²) in [6, 6.07) is 0. The summed E-state index contributed by atoms with van der Waals surface area (Å²) in [4.78, 5) is 23.0. The fraction of sp³-hybridized carbons (Fsp3) is 0.857. The molecule has 0 spiro atoms. The first-order chi connectivity index (χ1) is 7.74. The van der Waals surface area contributed by atoms with Crippen LogP contribution in [0.2, 0.25) is 0 Å². The zero-order chi connectivity index (χ0) is 13.5. The molecule has 0 aromatic carbocycles. The van der Waals surface area contributed by atoms with E-state index in [0.29, 0.717) is 12.3 Å². The molecule has 0 aliphatic heterocycles. The fourth-order valence-electron chi connectivity index (χ4n) is 1.65. The van der Waals surface area contributed by atoms with Gasteiger partial charge in [0.1, 0.15) is 17.8 Å². The van der Waals surface area contributed by atoms with Gasteiger partial charge in [-0.2, -0.15) is 0 Å². The monoisotopic (exact) mass is 242 g/mol. The van der Waals surface area contributed by atoms with Crippen LogP contribution >= 0.6 is 0 Å². The number of ketones is 1. The molecule has 0 unspecified atom stereocenters. The Kier molecular flexibility index (Phi) is 7.09.